The van der Waals surface area contributed by atoms with Crippen molar-refractivity contribution in [1.82, 2.24) is 5.32 Å². The molecule has 0 aliphatic carbocycles. The lowest BCUT2D eigenvalue weighted by molar-refractivity contribution is 0.145. The second-order valence-corrected chi connectivity index (χ2v) is 5.20. The molecule has 1 aromatic rings. The number of benzene rings is 1. The van der Waals surface area contributed by atoms with Gasteiger partial charge in [-0.2, -0.15) is 0 Å². The molecule has 0 bridgehead atoms. The van der Waals surface area contributed by atoms with Crippen LogP contribution in [0.2, 0.25) is 0 Å². The molecule has 2 N–H and O–H groups in total. The molecule has 0 saturated carbocycles. The minimum atomic E-state index is -0.194. The van der Waals surface area contributed by atoms with E-state index < -0.39 is 0 Å². The first kappa shape index (κ1) is 14.3. The number of nitrogens with zero attached hydrogens (tertiary/aromatic N) is 1. The Morgan fingerprint density at radius 2 is 2.11 bits per heavy atom. The lowest BCUT2D eigenvalue weighted by Crippen LogP contribution is -2.37. The van der Waals surface area contributed by atoms with Crippen LogP contribution in [0.25, 0.3) is 0 Å². The van der Waals surface area contributed by atoms with Gasteiger partial charge in [0.25, 0.3) is 0 Å². The Kier molecular flexibility index (Phi) is 4.77. The van der Waals surface area contributed by atoms with Crippen LogP contribution in [0.1, 0.15) is 38.3 Å². The average Bonchev–Trinajstić information content (AvgIpc) is 2.40. The molecule has 0 amide bonds. The summed E-state index contributed by atoms with van der Waals surface area (Å²) in [4.78, 5) is 2.25. The summed E-state index contributed by atoms with van der Waals surface area (Å²) in [5, 5.41) is 12.9. The highest BCUT2D eigenvalue weighted by Gasteiger charge is 2.21. The van der Waals surface area contributed by atoms with Gasteiger partial charge in [0.15, 0.2) is 0 Å². The molecular formula is C15H23FN2O. The monoisotopic (exact) mass is 266 g/mol. The normalized spacial score (nSPS) is 18.6. The lowest BCUT2D eigenvalue weighted by atomic mass is 10.0. The third kappa shape index (κ3) is 3.45. The van der Waals surface area contributed by atoms with E-state index in [1.54, 1.807) is 6.07 Å². The Bertz CT molecular complexity index is 417. The second-order valence-electron chi connectivity index (χ2n) is 5.20. The molecule has 4 heteroatoms. The van der Waals surface area contributed by atoms with Crippen LogP contribution in [-0.2, 0) is 0 Å². The first-order valence-electron chi connectivity index (χ1n) is 7.07. The number of piperidine rings is 1. The summed E-state index contributed by atoms with van der Waals surface area (Å²) in [5.41, 5.74) is 2.08. The zero-order chi connectivity index (χ0) is 13.8. The van der Waals surface area contributed by atoms with E-state index in [0.717, 1.165) is 43.7 Å². The predicted octanol–water partition coefficient (Wildman–Crippen LogP) is 2.46. The number of nitrogens with one attached hydrogen (secondary N) is 1. The molecule has 0 spiro atoms. The molecule has 19 heavy (non-hydrogen) atoms. The fourth-order valence-corrected chi connectivity index (χ4v) is 2.68. The maximum absolute atomic E-state index is 13.5. The van der Waals surface area contributed by atoms with Crippen molar-refractivity contribution in [1.29, 1.82) is 0 Å². The molecule has 2 rings (SSSR count). The standard InChI is InChI=1S/C15H23FN2O/c1-3-17-11(2)14-10-12(16)4-5-15(14)18-8-6-13(19)7-9-18/h4-5,10-11,13,17,19H,3,6-9H2,1-2H3. The van der Waals surface area contributed by atoms with Gasteiger partial charge < -0.3 is 15.3 Å². The zero-order valence-electron chi connectivity index (χ0n) is 11.7. The SMILES string of the molecule is CCNC(C)c1cc(F)ccc1N1CCC(O)CC1. The molecule has 1 atom stereocenters. The van der Waals surface area contributed by atoms with Crippen LogP contribution in [0.5, 0.6) is 0 Å². The second kappa shape index (κ2) is 6.35. The van der Waals surface area contributed by atoms with Crippen LogP contribution in [0.15, 0.2) is 18.2 Å². The van der Waals surface area contributed by atoms with E-state index in [0.29, 0.717) is 0 Å². The fraction of sp³-hybridized carbons (Fsp3) is 0.600. The molecule has 1 heterocycles. The van der Waals surface area contributed by atoms with Crippen LogP contribution in [0, 0.1) is 5.82 Å². The largest absolute Gasteiger partial charge is 0.393 e. The maximum Gasteiger partial charge on any atom is 0.123 e. The number of aliphatic hydroxyl groups is 1. The highest BCUT2D eigenvalue weighted by molar-refractivity contribution is 5.55. The van der Waals surface area contributed by atoms with Gasteiger partial charge in [-0.05, 0) is 50.1 Å². The molecule has 3 nitrogen and oxygen atoms in total. The molecule has 1 saturated heterocycles. The van der Waals surface area contributed by atoms with Crippen molar-refractivity contribution in [2.24, 2.45) is 0 Å². The molecule has 1 unspecified atom stereocenters. The lowest BCUT2D eigenvalue weighted by Gasteiger charge is -2.34. The Balaban J connectivity index is 2.23. The summed E-state index contributed by atoms with van der Waals surface area (Å²) in [6.45, 7) is 6.63. The molecule has 0 aromatic heterocycles. The van der Waals surface area contributed by atoms with Crippen LogP contribution in [0.3, 0.4) is 0 Å². The number of rotatable bonds is 4. The molecule has 1 aliphatic heterocycles. The summed E-state index contributed by atoms with van der Waals surface area (Å²) in [6.07, 6.45) is 1.38. The number of anilines is 1. The Labute approximate surface area is 114 Å². The van der Waals surface area contributed by atoms with Crippen molar-refractivity contribution in [2.75, 3.05) is 24.5 Å². The van der Waals surface area contributed by atoms with Crippen LogP contribution in [-0.4, -0.2) is 30.8 Å². The van der Waals surface area contributed by atoms with Gasteiger partial charge in [-0.25, -0.2) is 4.39 Å². The van der Waals surface area contributed by atoms with Gasteiger partial charge in [0, 0.05) is 24.8 Å². The van der Waals surface area contributed by atoms with Gasteiger partial charge in [-0.1, -0.05) is 6.92 Å². The summed E-state index contributed by atoms with van der Waals surface area (Å²) in [7, 11) is 0. The van der Waals surface area contributed by atoms with Crippen molar-refractivity contribution < 1.29 is 9.50 Å². The molecule has 1 fully saturated rings. The summed E-state index contributed by atoms with van der Waals surface area (Å²) >= 11 is 0. The number of aliphatic hydroxyl groups excluding tert-OH is 1. The Morgan fingerprint density at radius 1 is 1.42 bits per heavy atom. The quantitative estimate of drug-likeness (QED) is 0.878. The predicted molar refractivity (Wildman–Crippen MR) is 75.9 cm³/mol. The van der Waals surface area contributed by atoms with E-state index in [4.69, 9.17) is 0 Å². The molecule has 1 aliphatic rings. The molecule has 1 aromatic carbocycles. The van der Waals surface area contributed by atoms with Crippen LogP contribution >= 0.6 is 0 Å². The van der Waals surface area contributed by atoms with Gasteiger partial charge in [0.1, 0.15) is 5.82 Å². The van der Waals surface area contributed by atoms with E-state index >= 15 is 0 Å². The Morgan fingerprint density at radius 3 is 2.74 bits per heavy atom. The van der Waals surface area contributed by atoms with E-state index in [-0.39, 0.29) is 18.0 Å². The van der Waals surface area contributed by atoms with Gasteiger partial charge in [-0.3, -0.25) is 0 Å². The minimum absolute atomic E-state index is 0.127. The minimum Gasteiger partial charge on any atom is -0.393 e. The number of hydrogen-bond acceptors (Lipinski definition) is 3. The fourth-order valence-electron chi connectivity index (χ4n) is 2.68. The maximum atomic E-state index is 13.5. The van der Waals surface area contributed by atoms with Crippen molar-refractivity contribution >= 4 is 5.69 Å². The van der Waals surface area contributed by atoms with Crippen molar-refractivity contribution in [2.45, 2.75) is 38.8 Å². The van der Waals surface area contributed by atoms with Crippen molar-refractivity contribution in [3.63, 3.8) is 0 Å². The van der Waals surface area contributed by atoms with E-state index in [2.05, 4.69) is 17.1 Å². The summed E-state index contributed by atoms with van der Waals surface area (Å²) < 4.78 is 13.5. The third-order valence-electron chi connectivity index (χ3n) is 3.77. The van der Waals surface area contributed by atoms with E-state index in [1.165, 1.54) is 6.07 Å². The van der Waals surface area contributed by atoms with Gasteiger partial charge in [0.2, 0.25) is 0 Å². The molecular weight excluding hydrogens is 243 g/mol. The molecule has 106 valence electrons. The van der Waals surface area contributed by atoms with Crippen molar-refractivity contribution in [3.05, 3.63) is 29.6 Å². The number of hydrogen-bond donors (Lipinski definition) is 2. The van der Waals surface area contributed by atoms with E-state index in [9.17, 15) is 9.50 Å². The summed E-state index contributed by atoms with van der Waals surface area (Å²) in [6, 6.07) is 5.12. The smallest absolute Gasteiger partial charge is 0.123 e. The number of halogens is 1. The van der Waals surface area contributed by atoms with Gasteiger partial charge in [-0.15, -0.1) is 0 Å². The van der Waals surface area contributed by atoms with E-state index in [1.807, 2.05) is 13.0 Å². The topological polar surface area (TPSA) is 35.5 Å². The average molecular weight is 266 g/mol. The first-order valence-corrected chi connectivity index (χ1v) is 7.07. The van der Waals surface area contributed by atoms with Crippen LogP contribution in [0.4, 0.5) is 10.1 Å². The van der Waals surface area contributed by atoms with Gasteiger partial charge >= 0.3 is 0 Å². The zero-order valence-corrected chi connectivity index (χ0v) is 11.7. The highest BCUT2D eigenvalue weighted by Crippen LogP contribution is 2.29. The highest BCUT2D eigenvalue weighted by atomic mass is 19.1. The summed E-state index contributed by atoms with van der Waals surface area (Å²) in [5.74, 6) is -0.194. The Hall–Kier alpha value is -1.13. The molecule has 0 radical (unpaired) electrons. The van der Waals surface area contributed by atoms with Crippen molar-refractivity contribution in [3.8, 4) is 0 Å². The first-order chi connectivity index (χ1) is 9.11. The van der Waals surface area contributed by atoms with Gasteiger partial charge in [0.05, 0.1) is 6.10 Å². The third-order valence-corrected chi connectivity index (χ3v) is 3.77. The van der Waals surface area contributed by atoms with Crippen LogP contribution < -0.4 is 10.2 Å².